The van der Waals surface area contributed by atoms with Crippen LogP contribution < -0.4 is 11.1 Å². The molecule has 1 rings (SSSR count). The van der Waals surface area contributed by atoms with Crippen molar-refractivity contribution in [1.82, 2.24) is 5.32 Å². The average molecular weight is 216 g/mol. The maximum atomic E-state index is 11.4. The van der Waals surface area contributed by atoms with Gasteiger partial charge >= 0.3 is 0 Å². The zero-order chi connectivity index (χ0) is 10.6. The normalized spacial score (nSPS) is 21.1. The molecule has 3 nitrogen and oxygen atoms in total. The number of thioether (sulfide) groups is 1. The lowest BCUT2D eigenvalue weighted by Gasteiger charge is -2.35. The van der Waals surface area contributed by atoms with Crippen LogP contribution in [-0.2, 0) is 4.79 Å². The molecule has 0 aliphatic carbocycles. The van der Waals surface area contributed by atoms with E-state index in [9.17, 15) is 4.79 Å². The molecule has 0 spiro atoms. The Morgan fingerprint density at radius 1 is 1.50 bits per heavy atom. The van der Waals surface area contributed by atoms with Crippen LogP contribution in [0.5, 0.6) is 0 Å². The second-order valence-electron chi connectivity index (χ2n) is 4.33. The van der Waals surface area contributed by atoms with Crippen molar-refractivity contribution >= 4 is 17.7 Å². The fraction of sp³-hybridized carbons (Fsp3) is 0.900. The first-order chi connectivity index (χ1) is 6.57. The minimum absolute atomic E-state index is 0.182. The molecular weight excluding hydrogens is 196 g/mol. The molecule has 1 heterocycles. The maximum absolute atomic E-state index is 11.4. The van der Waals surface area contributed by atoms with Crippen LogP contribution in [0.1, 0.15) is 26.7 Å². The minimum atomic E-state index is -0.421. The molecule has 0 unspecified atom stereocenters. The first-order valence-electron chi connectivity index (χ1n) is 5.19. The summed E-state index contributed by atoms with van der Waals surface area (Å²) in [5.41, 5.74) is 5.06. The van der Waals surface area contributed by atoms with Gasteiger partial charge in [0.15, 0.2) is 0 Å². The average Bonchev–Trinajstić information content (AvgIpc) is 2.16. The molecule has 0 aromatic carbocycles. The Morgan fingerprint density at radius 3 is 2.50 bits per heavy atom. The summed E-state index contributed by atoms with van der Waals surface area (Å²) in [5.74, 6) is 2.45. The molecule has 0 aromatic heterocycles. The molecule has 0 bridgehead atoms. The molecular formula is C10H20N2OS. The van der Waals surface area contributed by atoms with Crippen molar-refractivity contribution in [3.05, 3.63) is 0 Å². The number of hydrogen-bond donors (Lipinski definition) is 2. The second kappa shape index (κ2) is 5.03. The van der Waals surface area contributed by atoms with Gasteiger partial charge in [-0.15, -0.1) is 0 Å². The summed E-state index contributed by atoms with van der Waals surface area (Å²) in [5, 5.41) is 3.35. The van der Waals surface area contributed by atoms with Crippen molar-refractivity contribution in [3.63, 3.8) is 0 Å². The van der Waals surface area contributed by atoms with Crippen LogP contribution in [0, 0.1) is 5.92 Å². The number of hydrogen-bond acceptors (Lipinski definition) is 3. The number of primary amides is 1. The van der Waals surface area contributed by atoms with Gasteiger partial charge < -0.3 is 11.1 Å². The molecule has 14 heavy (non-hydrogen) atoms. The Labute approximate surface area is 90.2 Å². The fourth-order valence-electron chi connectivity index (χ4n) is 1.63. The highest BCUT2D eigenvalue weighted by Crippen LogP contribution is 2.26. The predicted molar refractivity (Wildman–Crippen MR) is 61.3 cm³/mol. The maximum Gasteiger partial charge on any atom is 0.237 e. The lowest BCUT2D eigenvalue weighted by Crippen LogP contribution is -2.58. The summed E-state index contributed by atoms with van der Waals surface area (Å²) in [4.78, 5) is 11.4. The van der Waals surface area contributed by atoms with Gasteiger partial charge in [0, 0.05) is 0 Å². The first-order valence-corrected chi connectivity index (χ1v) is 6.35. The smallest absolute Gasteiger partial charge is 0.237 e. The highest BCUT2D eigenvalue weighted by atomic mass is 32.2. The zero-order valence-electron chi connectivity index (χ0n) is 9.01. The van der Waals surface area contributed by atoms with E-state index in [1.807, 2.05) is 11.8 Å². The highest BCUT2D eigenvalue weighted by Gasteiger charge is 2.37. The third-order valence-electron chi connectivity index (χ3n) is 2.67. The van der Waals surface area contributed by atoms with E-state index < -0.39 is 5.54 Å². The van der Waals surface area contributed by atoms with Gasteiger partial charge in [0.05, 0.1) is 5.54 Å². The second-order valence-corrected chi connectivity index (χ2v) is 5.56. The lowest BCUT2D eigenvalue weighted by atomic mass is 9.91. The fourth-order valence-corrected chi connectivity index (χ4v) is 2.82. The van der Waals surface area contributed by atoms with E-state index in [-0.39, 0.29) is 5.91 Å². The van der Waals surface area contributed by atoms with Gasteiger partial charge in [0.2, 0.25) is 5.91 Å². The van der Waals surface area contributed by atoms with E-state index in [1.165, 1.54) is 0 Å². The standard InChI is InChI=1S/C10H20N2OS/c1-8(2)7-12-10(9(11)13)3-5-14-6-4-10/h8,12H,3-7H2,1-2H3,(H2,11,13). The Bertz CT molecular complexity index is 200. The van der Waals surface area contributed by atoms with Gasteiger partial charge in [-0.1, -0.05) is 13.8 Å². The first kappa shape index (κ1) is 11.9. The number of rotatable bonds is 4. The third kappa shape index (κ3) is 2.89. The summed E-state index contributed by atoms with van der Waals surface area (Å²) in [6.07, 6.45) is 1.75. The summed E-state index contributed by atoms with van der Waals surface area (Å²) in [6, 6.07) is 0. The number of amides is 1. The van der Waals surface area contributed by atoms with Crippen molar-refractivity contribution < 1.29 is 4.79 Å². The minimum Gasteiger partial charge on any atom is -0.368 e. The van der Waals surface area contributed by atoms with Crippen molar-refractivity contribution in [2.75, 3.05) is 18.1 Å². The van der Waals surface area contributed by atoms with Crippen LogP contribution in [0.15, 0.2) is 0 Å². The zero-order valence-corrected chi connectivity index (χ0v) is 9.82. The largest absolute Gasteiger partial charge is 0.368 e. The quantitative estimate of drug-likeness (QED) is 0.736. The van der Waals surface area contributed by atoms with Crippen LogP contribution in [0.25, 0.3) is 0 Å². The Balaban J connectivity index is 2.56. The van der Waals surface area contributed by atoms with Gasteiger partial charge in [-0.2, -0.15) is 11.8 Å². The molecule has 3 N–H and O–H groups in total. The molecule has 1 fully saturated rings. The van der Waals surface area contributed by atoms with E-state index in [0.717, 1.165) is 30.9 Å². The van der Waals surface area contributed by atoms with Crippen LogP contribution in [0.4, 0.5) is 0 Å². The van der Waals surface area contributed by atoms with Gasteiger partial charge in [-0.3, -0.25) is 4.79 Å². The van der Waals surface area contributed by atoms with E-state index in [1.54, 1.807) is 0 Å². The topological polar surface area (TPSA) is 55.1 Å². The van der Waals surface area contributed by atoms with Crippen molar-refractivity contribution in [1.29, 1.82) is 0 Å². The van der Waals surface area contributed by atoms with E-state index in [0.29, 0.717) is 5.92 Å². The molecule has 4 heteroatoms. The molecule has 0 saturated carbocycles. The number of carbonyl (C=O) groups is 1. The van der Waals surface area contributed by atoms with Crippen molar-refractivity contribution in [2.24, 2.45) is 11.7 Å². The molecule has 0 aromatic rings. The van der Waals surface area contributed by atoms with Gasteiger partial charge in [-0.05, 0) is 36.8 Å². The van der Waals surface area contributed by atoms with Crippen molar-refractivity contribution in [3.8, 4) is 0 Å². The molecule has 0 radical (unpaired) electrons. The SMILES string of the molecule is CC(C)CNC1(C(N)=O)CCSCC1. The van der Waals surface area contributed by atoms with E-state index >= 15 is 0 Å². The van der Waals surface area contributed by atoms with Crippen molar-refractivity contribution in [2.45, 2.75) is 32.2 Å². The number of carbonyl (C=O) groups excluding carboxylic acids is 1. The van der Waals surface area contributed by atoms with E-state index in [4.69, 9.17) is 5.73 Å². The molecule has 0 atom stereocenters. The monoisotopic (exact) mass is 216 g/mol. The van der Waals surface area contributed by atoms with E-state index in [2.05, 4.69) is 19.2 Å². The Kier molecular flexibility index (Phi) is 4.26. The van der Waals surface area contributed by atoms with Crippen LogP contribution in [0.2, 0.25) is 0 Å². The molecule has 1 aliphatic heterocycles. The molecule has 1 aliphatic rings. The summed E-state index contributed by atoms with van der Waals surface area (Å²) in [7, 11) is 0. The van der Waals surface area contributed by atoms with Crippen LogP contribution >= 0.6 is 11.8 Å². The Morgan fingerprint density at radius 2 is 2.07 bits per heavy atom. The van der Waals surface area contributed by atoms with Gasteiger partial charge in [0.1, 0.15) is 0 Å². The van der Waals surface area contributed by atoms with Crippen LogP contribution in [0.3, 0.4) is 0 Å². The molecule has 82 valence electrons. The van der Waals surface area contributed by atoms with Crippen LogP contribution in [-0.4, -0.2) is 29.5 Å². The molecule has 1 saturated heterocycles. The highest BCUT2D eigenvalue weighted by molar-refractivity contribution is 7.99. The summed E-state index contributed by atoms with van der Waals surface area (Å²) >= 11 is 1.90. The lowest BCUT2D eigenvalue weighted by molar-refractivity contribution is -0.124. The number of nitrogens with one attached hydrogen (secondary N) is 1. The third-order valence-corrected chi connectivity index (χ3v) is 3.65. The van der Waals surface area contributed by atoms with Gasteiger partial charge in [-0.25, -0.2) is 0 Å². The number of nitrogens with two attached hydrogens (primary N) is 1. The molecule has 1 amide bonds. The summed E-state index contributed by atoms with van der Waals surface area (Å²) < 4.78 is 0. The Hall–Kier alpha value is -0.220. The van der Waals surface area contributed by atoms with Gasteiger partial charge in [0.25, 0.3) is 0 Å². The summed E-state index contributed by atoms with van der Waals surface area (Å²) in [6.45, 7) is 5.14. The predicted octanol–water partition coefficient (Wildman–Crippen LogP) is 0.983.